The zero-order valence-corrected chi connectivity index (χ0v) is 17.6. The number of carbonyl (C=O) groups is 1. The van der Waals surface area contributed by atoms with Gasteiger partial charge in [-0.25, -0.2) is 0 Å². The number of pyridine rings is 1. The molecule has 2 nitrogen and oxygen atoms in total. The Hall–Kier alpha value is -1.69. The molecule has 0 atom stereocenters. The van der Waals surface area contributed by atoms with Gasteiger partial charge < -0.3 is 0 Å². The van der Waals surface area contributed by atoms with Gasteiger partial charge >= 0.3 is 0 Å². The van der Waals surface area contributed by atoms with Crippen molar-refractivity contribution < 1.29 is 4.79 Å². The van der Waals surface area contributed by atoms with Gasteiger partial charge in [0.1, 0.15) is 0 Å². The molecule has 0 N–H and O–H groups in total. The summed E-state index contributed by atoms with van der Waals surface area (Å²) in [6.45, 7) is 1.63. The smallest absolute Gasteiger partial charge is 0.159 e. The standard InChI is InChI=1S/C22H21NOS3/c1-17(24)20-12-18(14-25-16-21-7-5-6-10-23-21)11-19(13-20)15-26-27-22-8-3-2-4-9-22/h2-13H,14-16H2,1H3. The molecular formula is C22H21NOS3. The van der Waals surface area contributed by atoms with Crippen LogP contribution in [-0.2, 0) is 17.3 Å². The molecule has 3 aromatic rings. The number of Topliss-reactive ketones (excluding diaryl/α,β-unsaturated/α-hetero) is 1. The van der Waals surface area contributed by atoms with E-state index in [1.165, 1.54) is 16.0 Å². The maximum absolute atomic E-state index is 11.9. The minimum absolute atomic E-state index is 0.119. The monoisotopic (exact) mass is 411 g/mol. The predicted molar refractivity (Wildman–Crippen MR) is 119 cm³/mol. The summed E-state index contributed by atoms with van der Waals surface area (Å²) in [6.07, 6.45) is 1.83. The summed E-state index contributed by atoms with van der Waals surface area (Å²) in [5.41, 5.74) is 4.28. The van der Waals surface area contributed by atoms with E-state index in [2.05, 4.69) is 35.3 Å². The van der Waals surface area contributed by atoms with Gasteiger partial charge in [-0.1, -0.05) is 51.9 Å². The lowest BCUT2D eigenvalue weighted by Gasteiger charge is -2.09. The summed E-state index contributed by atoms with van der Waals surface area (Å²) in [7, 11) is 3.57. The first-order valence-corrected chi connectivity index (χ1v) is 12.1. The van der Waals surface area contributed by atoms with Crippen molar-refractivity contribution in [2.45, 2.75) is 29.1 Å². The first-order chi connectivity index (χ1) is 13.2. The second-order valence-electron chi connectivity index (χ2n) is 6.07. The van der Waals surface area contributed by atoms with Crippen LogP contribution in [0.15, 0.2) is 77.8 Å². The minimum atomic E-state index is 0.119. The SMILES string of the molecule is CC(=O)c1cc(CSCc2ccccn2)cc(CSSc2ccccc2)c1. The lowest BCUT2D eigenvalue weighted by Crippen LogP contribution is -1.97. The highest BCUT2D eigenvalue weighted by Crippen LogP contribution is 2.34. The largest absolute Gasteiger partial charge is 0.295 e. The number of rotatable bonds is 9. The van der Waals surface area contributed by atoms with Crippen LogP contribution in [0.25, 0.3) is 0 Å². The first kappa shape index (κ1) is 20.1. The van der Waals surface area contributed by atoms with E-state index in [1.54, 1.807) is 28.5 Å². The van der Waals surface area contributed by atoms with Crippen LogP contribution in [0.5, 0.6) is 0 Å². The van der Waals surface area contributed by atoms with E-state index in [9.17, 15) is 4.79 Å². The molecule has 0 bridgehead atoms. The quantitative estimate of drug-likeness (QED) is 0.290. The Morgan fingerprint density at radius 2 is 1.63 bits per heavy atom. The van der Waals surface area contributed by atoms with Gasteiger partial charge in [0, 0.05) is 33.9 Å². The van der Waals surface area contributed by atoms with Crippen molar-refractivity contribution in [2.24, 2.45) is 0 Å². The Morgan fingerprint density at radius 1 is 0.889 bits per heavy atom. The lowest BCUT2D eigenvalue weighted by atomic mass is 10.1. The Balaban J connectivity index is 1.60. The molecule has 5 heteroatoms. The number of hydrogen-bond donors (Lipinski definition) is 0. The van der Waals surface area contributed by atoms with Crippen LogP contribution in [0.3, 0.4) is 0 Å². The molecule has 0 unspecified atom stereocenters. The van der Waals surface area contributed by atoms with E-state index in [0.717, 1.165) is 28.5 Å². The third kappa shape index (κ3) is 6.76. The third-order valence-corrected chi connectivity index (χ3v) is 7.18. The van der Waals surface area contributed by atoms with Crippen LogP contribution in [0.2, 0.25) is 0 Å². The molecular weight excluding hydrogens is 390 g/mol. The van der Waals surface area contributed by atoms with Gasteiger partial charge in [0.25, 0.3) is 0 Å². The summed E-state index contributed by atoms with van der Waals surface area (Å²) in [6, 6.07) is 22.6. The van der Waals surface area contributed by atoms with Crippen LogP contribution in [-0.4, -0.2) is 10.8 Å². The van der Waals surface area contributed by atoms with Gasteiger partial charge in [-0.3, -0.25) is 9.78 Å². The fourth-order valence-corrected chi connectivity index (χ4v) is 5.51. The number of nitrogens with zero attached hydrogens (tertiary/aromatic N) is 1. The van der Waals surface area contributed by atoms with Crippen molar-refractivity contribution in [3.63, 3.8) is 0 Å². The highest BCUT2D eigenvalue weighted by molar-refractivity contribution is 8.76. The Bertz CT molecular complexity index is 805. The average molecular weight is 412 g/mol. The van der Waals surface area contributed by atoms with E-state index < -0.39 is 0 Å². The molecule has 27 heavy (non-hydrogen) atoms. The summed E-state index contributed by atoms with van der Waals surface area (Å²) in [4.78, 5) is 17.5. The summed E-state index contributed by atoms with van der Waals surface area (Å²) < 4.78 is 0. The Kier molecular flexibility index (Phi) is 7.87. The van der Waals surface area contributed by atoms with Crippen LogP contribution in [0.1, 0.15) is 34.1 Å². The normalized spacial score (nSPS) is 10.7. The zero-order valence-electron chi connectivity index (χ0n) is 15.1. The van der Waals surface area contributed by atoms with Crippen LogP contribution >= 0.6 is 33.3 Å². The van der Waals surface area contributed by atoms with Gasteiger partial charge in [0.2, 0.25) is 0 Å². The van der Waals surface area contributed by atoms with Crippen molar-refractivity contribution in [2.75, 3.05) is 0 Å². The molecule has 0 aliphatic rings. The fraction of sp³-hybridized carbons (Fsp3) is 0.182. The number of hydrogen-bond acceptors (Lipinski definition) is 5. The van der Waals surface area contributed by atoms with Crippen LogP contribution < -0.4 is 0 Å². The van der Waals surface area contributed by atoms with E-state index in [4.69, 9.17) is 0 Å². The lowest BCUT2D eigenvalue weighted by molar-refractivity contribution is 0.101. The van der Waals surface area contributed by atoms with E-state index in [1.807, 2.05) is 54.4 Å². The van der Waals surface area contributed by atoms with Gasteiger partial charge in [0.15, 0.2) is 5.78 Å². The third-order valence-electron chi connectivity index (χ3n) is 3.83. The highest BCUT2D eigenvalue weighted by Gasteiger charge is 2.07. The molecule has 0 radical (unpaired) electrons. The Morgan fingerprint density at radius 3 is 2.33 bits per heavy atom. The molecule has 138 valence electrons. The second kappa shape index (κ2) is 10.6. The van der Waals surface area contributed by atoms with Crippen molar-refractivity contribution in [3.8, 4) is 0 Å². The number of benzene rings is 2. The van der Waals surface area contributed by atoms with Gasteiger partial charge in [0.05, 0.1) is 5.69 Å². The van der Waals surface area contributed by atoms with Gasteiger partial charge in [-0.15, -0.1) is 0 Å². The minimum Gasteiger partial charge on any atom is -0.295 e. The maximum atomic E-state index is 11.9. The molecule has 0 saturated carbocycles. The first-order valence-electron chi connectivity index (χ1n) is 8.66. The zero-order chi connectivity index (χ0) is 18.9. The molecule has 0 aliphatic carbocycles. The van der Waals surface area contributed by atoms with Crippen LogP contribution in [0, 0.1) is 0 Å². The molecule has 2 aromatic carbocycles. The van der Waals surface area contributed by atoms with E-state index in [-0.39, 0.29) is 5.78 Å². The predicted octanol–water partition coefficient (Wildman–Crippen LogP) is 6.66. The number of thioether (sulfide) groups is 1. The van der Waals surface area contributed by atoms with E-state index in [0.29, 0.717) is 0 Å². The number of carbonyl (C=O) groups excluding carboxylic acids is 1. The average Bonchev–Trinajstić information content (AvgIpc) is 2.69. The molecule has 0 spiro atoms. The molecule has 0 fully saturated rings. The number of aromatic nitrogens is 1. The summed E-state index contributed by atoms with van der Waals surface area (Å²) in [5, 5.41) is 0. The Labute approximate surface area is 173 Å². The molecule has 0 saturated heterocycles. The van der Waals surface area contributed by atoms with Gasteiger partial charge in [-0.05, 0) is 54.4 Å². The molecule has 0 amide bonds. The van der Waals surface area contributed by atoms with Crippen LogP contribution in [0.4, 0.5) is 0 Å². The molecule has 0 aliphatic heterocycles. The summed E-state index contributed by atoms with van der Waals surface area (Å²) in [5.74, 6) is 2.74. The second-order valence-corrected chi connectivity index (χ2v) is 9.42. The van der Waals surface area contributed by atoms with Gasteiger partial charge in [-0.2, -0.15) is 11.8 Å². The summed E-state index contributed by atoms with van der Waals surface area (Å²) >= 11 is 1.82. The van der Waals surface area contributed by atoms with E-state index >= 15 is 0 Å². The topological polar surface area (TPSA) is 30.0 Å². The highest BCUT2D eigenvalue weighted by atomic mass is 33.1. The maximum Gasteiger partial charge on any atom is 0.159 e. The van der Waals surface area contributed by atoms with Crippen molar-refractivity contribution in [1.29, 1.82) is 0 Å². The van der Waals surface area contributed by atoms with Crippen molar-refractivity contribution >= 4 is 39.1 Å². The molecule has 1 heterocycles. The van der Waals surface area contributed by atoms with Crippen molar-refractivity contribution in [1.82, 2.24) is 4.98 Å². The fourth-order valence-electron chi connectivity index (χ4n) is 2.53. The van der Waals surface area contributed by atoms with Crippen molar-refractivity contribution in [3.05, 3.63) is 95.3 Å². The molecule has 3 rings (SSSR count). The number of ketones is 1. The molecule has 1 aromatic heterocycles.